The highest BCUT2D eigenvalue weighted by Crippen LogP contribution is 2.49. The van der Waals surface area contributed by atoms with Crippen LogP contribution < -0.4 is 0 Å². The number of amides is 1. The second-order valence-corrected chi connectivity index (χ2v) is 8.30. The van der Waals surface area contributed by atoms with Crippen LogP contribution in [0.1, 0.15) is 33.7 Å². The van der Waals surface area contributed by atoms with Gasteiger partial charge in [-0.3, -0.25) is 9.69 Å². The molecule has 4 heterocycles. The van der Waals surface area contributed by atoms with E-state index < -0.39 is 0 Å². The van der Waals surface area contributed by atoms with Gasteiger partial charge in [0.2, 0.25) is 5.89 Å². The van der Waals surface area contributed by atoms with Crippen LogP contribution in [0.5, 0.6) is 0 Å². The molecule has 5 rings (SSSR count). The number of likely N-dealkylation sites (tertiary alicyclic amines) is 2. The molecule has 1 amide bonds. The third-order valence-corrected chi connectivity index (χ3v) is 6.14. The molecule has 1 aromatic carbocycles. The zero-order valence-electron chi connectivity index (χ0n) is 16.7. The lowest BCUT2D eigenvalue weighted by Gasteiger charge is -2.50. The van der Waals surface area contributed by atoms with Crippen LogP contribution in [0.4, 0.5) is 0 Å². The number of imidazole rings is 1. The SMILES string of the molecule is Cc1noc(C2CN(Cc3ccccc3)CC23CN(C(=O)c2cncn2C)C3)n1. The molecule has 0 aliphatic carbocycles. The van der Waals surface area contributed by atoms with Crippen molar-refractivity contribution in [1.29, 1.82) is 0 Å². The highest BCUT2D eigenvalue weighted by Gasteiger charge is 2.57. The second-order valence-electron chi connectivity index (χ2n) is 8.30. The van der Waals surface area contributed by atoms with E-state index in [2.05, 4.69) is 44.3 Å². The summed E-state index contributed by atoms with van der Waals surface area (Å²) in [5, 5.41) is 4.00. The first-order valence-electron chi connectivity index (χ1n) is 9.86. The topological polar surface area (TPSA) is 80.3 Å². The Labute approximate surface area is 169 Å². The molecule has 8 nitrogen and oxygen atoms in total. The van der Waals surface area contributed by atoms with E-state index in [9.17, 15) is 4.79 Å². The van der Waals surface area contributed by atoms with Crippen LogP contribution >= 0.6 is 0 Å². The van der Waals surface area contributed by atoms with Crippen molar-refractivity contribution in [3.8, 4) is 0 Å². The van der Waals surface area contributed by atoms with Crippen LogP contribution in [0.3, 0.4) is 0 Å². The number of aryl methyl sites for hydroxylation is 2. The van der Waals surface area contributed by atoms with Crippen LogP contribution in [-0.2, 0) is 13.6 Å². The average Bonchev–Trinajstić information content (AvgIpc) is 3.39. The van der Waals surface area contributed by atoms with Gasteiger partial charge in [0.1, 0.15) is 5.69 Å². The molecule has 150 valence electrons. The van der Waals surface area contributed by atoms with Crippen LogP contribution in [0.15, 0.2) is 47.4 Å². The summed E-state index contributed by atoms with van der Waals surface area (Å²) in [4.78, 5) is 25.8. The van der Waals surface area contributed by atoms with Gasteiger partial charge in [-0.15, -0.1) is 0 Å². The summed E-state index contributed by atoms with van der Waals surface area (Å²) in [5.74, 6) is 1.49. The van der Waals surface area contributed by atoms with Gasteiger partial charge < -0.3 is 14.0 Å². The van der Waals surface area contributed by atoms with Crippen LogP contribution in [0, 0.1) is 12.3 Å². The monoisotopic (exact) mass is 392 g/mol. The summed E-state index contributed by atoms with van der Waals surface area (Å²) in [6.45, 7) is 5.85. The minimum atomic E-state index is -0.0536. The summed E-state index contributed by atoms with van der Waals surface area (Å²) in [5.41, 5.74) is 1.85. The number of carbonyl (C=O) groups is 1. The molecule has 1 spiro atoms. The van der Waals surface area contributed by atoms with Crippen LogP contribution in [0.25, 0.3) is 0 Å². The Morgan fingerprint density at radius 3 is 2.69 bits per heavy atom. The third-order valence-electron chi connectivity index (χ3n) is 6.14. The zero-order chi connectivity index (χ0) is 20.0. The minimum absolute atomic E-state index is 0.0256. The maximum Gasteiger partial charge on any atom is 0.272 e. The van der Waals surface area contributed by atoms with Crippen molar-refractivity contribution >= 4 is 5.91 Å². The molecule has 29 heavy (non-hydrogen) atoms. The van der Waals surface area contributed by atoms with E-state index in [4.69, 9.17) is 4.52 Å². The van der Waals surface area contributed by atoms with Crippen molar-refractivity contribution in [2.24, 2.45) is 12.5 Å². The van der Waals surface area contributed by atoms with Gasteiger partial charge in [0, 0.05) is 45.2 Å². The predicted molar refractivity (Wildman–Crippen MR) is 105 cm³/mol. The van der Waals surface area contributed by atoms with E-state index in [1.807, 2.05) is 24.9 Å². The maximum absolute atomic E-state index is 12.9. The first kappa shape index (κ1) is 18.1. The standard InChI is InChI=1S/C21H24N6O2/c1-15-23-19(29-24-15)17-10-26(9-16-6-4-3-5-7-16)11-21(17)12-27(13-21)20(28)18-8-22-14-25(18)2/h3-8,14,17H,9-13H2,1-2H3. The largest absolute Gasteiger partial charge is 0.339 e. The van der Waals surface area contributed by atoms with Gasteiger partial charge in [0.05, 0.1) is 18.4 Å². The van der Waals surface area contributed by atoms with Gasteiger partial charge in [-0.1, -0.05) is 35.5 Å². The van der Waals surface area contributed by atoms with Crippen LogP contribution in [0.2, 0.25) is 0 Å². The lowest BCUT2D eigenvalue weighted by atomic mass is 9.71. The molecule has 3 aromatic rings. The second kappa shape index (κ2) is 6.81. The Morgan fingerprint density at radius 1 is 1.24 bits per heavy atom. The molecular weight excluding hydrogens is 368 g/mol. The van der Waals surface area contributed by atoms with E-state index >= 15 is 0 Å². The normalized spacial score (nSPS) is 20.9. The molecule has 1 unspecified atom stereocenters. The lowest BCUT2D eigenvalue weighted by Crippen LogP contribution is -2.61. The lowest BCUT2D eigenvalue weighted by molar-refractivity contribution is -0.00191. The quantitative estimate of drug-likeness (QED) is 0.674. The zero-order valence-corrected chi connectivity index (χ0v) is 16.7. The number of carbonyl (C=O) groups excluding carboxylic acids is 1. The smallest absolute Gasteiger partial charge is 0.272 e. The summed E-state index contributed by atoms with van der Waals surface area (Å²) < 4.78 is 7.33. The molecule has 0 N–H and O–H groups in total. The van der Waals surface area contributed by atoms with Gasteiger partial charge in [-0.05, 0) is 12.5 Å². The fourth-order valence-electron chi connectivity index (χ4n) is 4.73. The number of benzene rings is 1. The van der Waals surface area contributed by atoms with Crippen LogP contribution in [-0.4, -0.2) is 61.6 Å². The predicted octanol–water partition coefficient (Wildman–Crippen LogP) is 1.85. The van der Waals surface area contributed by atoms with E-state index in [1.54, 1.807) is 17.1 Å². The molecule has 1 atom stereocenters. The molecule has 0 bridgehead atoms. The number of hydrogen-bond donors (Lipinski definition) is 0. The highest BCUT2D eigenvalue weighted by atomic mass is 16.5. The maximum atomic E-state index is 12.9. The molecule has 2 fully saturated rings. The number of hydrogen-bond acceptors (Lipinski definition) is 6. The Hall–Kier alpha value is -3.00. The Morgan fingerprint density at radius 2 is 2.03 bits per heavy atom. The third kappa shape index (κ3) is 3.13. The van der Waals surface area contributed by atoms with E-state index in [1.165, 1.54) is 5.56 Å². The molecule has 8 heteroatoms. The number of rotatable bonds is 4. The number of aromatic nitrogens is 4. The first-order valence-corrected chi connectivity index (χ1v) is 9.86. The van der Waals surface area contributed by atoms with Gasteiger partial charge >= 0.3 is 0 Å². The first-order chi connectivity index (χ1) is 14.0. The average molecular weight is 392 g/mol. The molecule has 0 radical (unpaired) electrons. The summed E-state index contributed by atoms with van der Waals surface area (Å²) >= 11 is 0. The summed E-state index contributed by atoms with van der Waals surface area (Å²) in [7, 11) is 1.84. The highest BCUT2D eigenvalue weighted by molar-refractivity contribution is 5.93. The minimum Gasteiger partial charge on any atom is -0.339 e. The van der Waals surface area contributed by atoms with Crippen molar-refractivity contribution in [2.45, 2.75) is 19.4 Å². The van der Waals surface area contributed by atoms with Gasteiger partial charge in [0.25, 0.3) is 5.91 Å². The van der Waals surface area contributed by atoms with Crippen molar-refractivity contribution < 1.29 is 9.32 Å². The molecular formula is C21H24N6O2. The van der Waals surface area contributed by atoms with E-state index in [0.29, 0.717) is 30.5 Å². The van der Waals surface area contributed by atoms with Crippen molar-refractivity contribution in [1.82, 2.24) is 29.5 Å². The molecule has 0 saturated carbocycles. The van der Waals surface area contributed by atoms with Gasteiger partial charge in [0.15, 0.2) is 5.82 Å². The Bertz CT molecular complexity index is 1020. The van der Waals surface area contributed by atoms with Gasteiger partial charge in [-0.25, -0.2) is 4.98 Å². The fourth-order valence-corrected chi connectivity index (χ4v) is 4.73. The van der Waals surface area contributed by atoms with E-state index in [0.717, 1.165) is 19.6 Å². The fraction of sp³-hybridized carbons (Fsp3) is 0.429. The molecule has 2 aromatic heterocycles. The molecule has 2 aliphatic heterocycles. The Balaban J connectivity index is 1.36. The number of nitrogens with zero attached hydrogens (tertiary/aromatic N) is 6. The Kier molecular flexibility index (Phi) is 4.24. The van der Waals surface area contributed by atoms with E-state index in [-0.39, 0.29) is 17.2 Å². The van der Waals surface area contributed by atoms with Crippen molar-refractivity contribution in [3.05, 3.63) is 65.8 Å². The van der Waals surface area contributed by atoms with Gasteiger partial charge in [-0.2, -0.15) is 4.98 Å². The summed E-state index contributed by atoms with van der Waals surface area (Å²) in [6.07, 6.45) is 3.28. The molecule has 2 aliphatic rings. The van der Waals surface area contributed by atoms with Crippen molar-refractivity contribution in [3.63, 3.8) is 0 Å². The molecule has 2 saturated heterocycles. The van der Waals surface area contributed by atoms with Crippen molar-refractivity contribution in [2.75, 3.05) is 26.2 Å². The summed E-state index contributed by atoms with van der Waals surface area (Å²) in [6, 6.07) is 10.5.